The van der Waals surface area contributed by atoms with Crippen LogP contribution in [0, 0.1) is 0 Å². The first kappa shape index (κ1) is 32.8. The maximum atomic E-state index is 6.34. The van der Waals surface area contributed by atoms with Crippen molar-refractivity contribution in [3.05, 3.63) is 206 Å². The van der Waals surface area contributed by atoms with Crippen LogP contribution in [0.3, 0.4) is 0 Å². The number of fused-ring (bicyclic) bond motifs is 9. The Bertz CT molecular complexity index is 3540. The van der Waals surface area contributed by atoms with Crippen molar-refractivity contribution < 1.29 is 4.42 Å². The summed E-state index contributed by atoms with van der Waals surface area (Å²) < 4.78 is 11.4. The number of rotatable bonds is 6. The molecule has 9 aromatic carbocycles. The van der Waals surface area contributed by atoms with E-state index in [0.29, 0.717) is 0 Å². The van der Waals surface area contributed by atoms with E-state index < -0.39 is 0 Å². The first-order valence-electron chi connectivity index (χ1n) is 19.7. The molecule has 0 radical (unpaired) electrons. The molecule has 58 heavy (non-hydrogen) atoms. The zero-order chi connectivity index (χ0) is 38.2. The van der Waals surface area contributed by atoms with Gasteiger partial charge in [-0.1, -0.05) is 146 Å². The number of furan rings is 1. The Morgan fingerprint density at radius 1 is 0.414 bits per heavy atom. The fourth-order valence-corrected chi connectivity index (χ4v) is 10.3. The van der Waals surface area contributed by atoms with Crippen LogP contribution in [0.5, 0.6) is 0 Å². The second kappa shape index (κ2) is 13.1. The Morgan fingerprint density at radius 2 is 1.05 bits per heavy atom. The lowest BCUT2D eigenvalue weighted by atomic mass is 10.0. The van der Waals surface area contributed by atoms with Crippen molar-refractivity contribution in [2.75, 3.05) is 4.90 Å². The maximum absolute atomic E-state index is 6.34. The second-order valence-corrected chi connectivity index (χ2v) is 15.9. The highest BCUT2D eigenvalue weighted by atomic mass is 32.1. The fourth-order valence-electron chi connectivity index (χ4n) is 9.09. The van der Waals surface area contributed by atoms with Crippen molar-refractivity contribution in [1.29, 1.82) is 0 Å². The fraction of sp³-hybridized carbons (Fsp3) is 0. The van der Waals surface area contributed by atoms with E-state index in [1.807, 2.05) is 23.5 Å². The SMILES string of the molecule is c1ccc(-c2ccccc2N(c2ccc3oc4ccccc4c3c2)c2cccc3c2c2ccccc2n3-c2ccccc2-c2cccc3c2sc2ccccc23)cc1. The largest absolute Gasteiger partial charge is 0.456 e. The Balaban J connectivity index is 1.15. The van der Waals surface area contributed by atoms with E-state index in [1.165, 1.54) is 42.1 Å². The van der Waals surface area contributed by atoms with Gasteiger partial charge in [0.25, 0.3) is 0 Å². The third-order valence-electron chi connectivity index (χ3n) is 11.6. The Kier molecular flexibility index (Phi) is 7.40. The molecule has 272 valence electrons. The highest BCUT2D eigenvalue weighted by Gasteiger charge is 2.25. The molecule has 3 aromatic heterocycles. The van der Waals surface area contributed by atoms with Gasteiger partial charge in [-0.05, 0) is 66.2 Å². The number of anilines is 3. The van der Waals surface area contributed by atoms with Crippen LogP contribution in [0.1, 0.15) is 0 Å². The van der Waals surface area contributed by atoms with Gasteiger partial charge in [0.05, 0.1) is 28.1 Å². The minimum Gasteiger partial charge on any atom is -0.456 e. The van der Waals surface area contributed by atoms with E-state index in [-0.39, 0.29) is 0 Å². The van der Waals surface area contributed by atoms with E-state index in [9.17, 15) is 0 Å². The van der Waals surface area contributed by atoms with Gasteiger partial charge in [-0.2, -0.15) is 0 Å². The number of aromatic nitrogens is 1. The monoisotopic (exact) mass is 758 g/mol. The molecule has 0 fully saturated rings. The molecular weight excluding hydrogens is 725 g/mol. The Hall–Kier alpha value is -7.40. The van der Waals surface area contributed by atoms with E-state index in [1.54, 1.807) is 0 Å². The summed E-state index contributed by atoms with van der Waals surface area (Å²) in [6.45, 7) is 0. The summed E-state index contributed by atoms with van der Waals surface area (Å²) in [7, 11) is 0. The van der Waals surface area contributed by atoms with Crippen LogP contribution in [0.25, 0.3) is 91.9 Å². The van der Waals surface area contributed by atoms with Crippen molar-refractivity contribution in [3.63, 3.8) is 0 Å². The molecule has 4 heteroatoms. The first-order chi connectivity index (χ1) is 28.8. The van der Waals surface area contributed by atoms with Gasteiger partial charge < -0.3 is 13.9 Å². The topological polar surface area (TPSA) is 21.3 Å². The number of para-hydroxylation sites is 4. The lowest BCUT2D eigenvalue weighted by Gasteiger charge is -2.29. The summed E-state index contributed by atoms with van der Waals surface area (Å²) in [5, 5.41) is 7.19. The standard InChI is InChI=1S/C54H34N2OS/c1-2-16-35(17-3-1)37-18-4-9-25-45(37)55(36-32-33-51-44(34-36)39-20-7-12-30-50(39)57-51)48-28-15-29-49-53(48)43-22-6-11-27-47(43)56(49)46-26-10-5-19-38(46)41-23-14-24-42-40-21-8-13-31-52(40)58-54(41)42/h1-34H. The quantitative estimate of drug-likeness (QED) is 0.168. The van der Waals surface area contributed by atoms with Crippen LogP contribution < -0.4 is 4.90 Å². The summed E-state index contributed by atoms with van der Waals surface area (Å²) in [5.74, 6) is 0. The van der Waals surface area contributed by atoms with Gasteiger partial charge in [0.2, 0.25) is 0 Å². The van der Waals surface area contributed by atoms with Crippen molar-refractivity contribution in [1.82, 2.24) is 4.57 Å². The smallest absolute Gasteiger partial charge is 0.135 e. The Morgan fingerprint density at radius 3 is 1.97 bits per heavy atom. The lowest BCUT2D eigenvalue weighted by molar-refractivity contribution is 0.669. The van der Waals surface area contributed by atoms with Crippen LogP contribution in [0.15, 0.2) is 211 Å². The molecular formula is C54H34N2OS. The lowest BCUT2D eigenvalue weighted by Crippen LogP contribution is -2.11. The van der Waals surface area contributed by atoms with E-state index in [2.05, 4.69) is 204 Å². The third kappa shape index (κ3) is 4.99. The first-order valence-corrected chi connectivity index (χ1v) is 20.5. The predicted molar refractivity (Wildman–Crippen MR) is 247 cm³/mol. The summed E-state index contributed by atoms with van der Waals surface area (Å²) >= 11 is 1.88. The molecule has 12 aromatic rings. The van der Waals surface area contributed by atoms with E-state index in [4.69, 9.17) is 4.42 Å². The van der Waals surface area contributed by atoms with Gasteiger partial charge in [0.15, 0.2) is 0 Å². The molecule has 0 N–H and O–H groups in total. The van der Waals surface area contributed by atoms with Gasteiger partial charge in [0.1, 0.15) is 11.2 Å². The summed E-state index contributed by atoms with van der Waals surface area (Å²) in [6, 6.07) is 74.5. The highest BCUT2D eigenvalue weighted by Crippen LogP contribution is 2.49. The van der Waals surface area contributed by atoms with Crippen LogP contribution in [-0.4, -0.2) is 4.57 Å². The minimum atomic E-state index is 0.876. The molecule has 0 atom stereocenters. The van der Waals surface area contributed by atoms with E-state index >= 15 is 0 Å². The molecule has 0 aliphatic rings. The molecule has 3 nitrogen and oxygen atoms in total. The van der Waals surface area contributed by atoms with Crippen molar-refractivity contribution in [2.24, 2.45) is 0 Å². The number of hydrogen-bond donors (Lipinski definition) is 0. The van der Waals surface area contributed by atoms with Crippen LogP contribution in [-0.2, 0) is 0 Å². The molecule has 0 amide bonds. The van der Waals surface area contributed by atoms with Gasteiger partial charge >= 0.3 is 0 Å². The van der Waals surface area contributed by atoms with Gasteiger partial charge in [-0.25, -0.2) is 0 Å². The van der Waals surface area contributed by atoms with Crippen LogP contribution in [0.4, 0.5) is 17.1 Å². The molecule has 0 bridgehead atoms. The average molecular weight is 759 g/mol. The number of nitrogens with zero attached hydrogens (tertiary/aromatic N) is 2. The van der Waals surface area contributed by atoms with Gasteiger partial charge in [0, 0.05) is 64.1 Å². The zero-order valence-electron chi connectivity index (χ0n) is 31.3. The van der Waals surface area contributed by atoms with Crippen molar-refractivity contribution in [3.8, 4) is 27.9 Å². The summed E-state index contributed by atoms with van der Waals surface area (Å²) in [6.07, 6.45) is 0. The van der Waals surface area contributed by atoms with E-state index in [0.717, 1.165) is 66.8 Å². The third-order valence-corrected chi connectivity index (χ3v) is 12.8. The molecule has 0 spiro atoms. The molecule has 0 unspecified atom stereocenters. The minimum absolute atomic E-state index is 0.876. The van der Waals surface area contributed by atoms with Crippen LogP contribution in [0.2, 0.25) is 0 Å². The number of hydrogen-bond acceptors (Lipinski definition) is 3. The maximum Gasteiger partial charge on any atom is 0.135 e. The normalized spacial score (nSPS) is 11.8. The molecule has 0 saturated carbocycles. The number of benzene rings is 9. The highest BCUT2D eigenvalue weighted by molar-refractivity contribution is 7.26. The summed E-state index contributed by atoms with van der Waals surface area (Å²) in [4.78, 5) is 2.45. The molecule has 3 heterocycles. The zero-order valence-corrected chi connectivity index (χ0v) is 32.2. The van der Waals surface area contributed by atoms with Gasteiger partial charge in [-0.15, -0.1) is 11.3 Å². The molecule has 0 saturated heterocycles. The summed E-state index contributed by atoms with van der Waals surface area (Å²) in [5.41, 5.74) is 13.3. The average Bonchev–Trinajstić information content (AvgIpc) is 3.97. The van der Waals surface area contributed by atoms with Gasteiger partial charge in [-0.3, -0.25) is 0 Å². The van der Waals surface area contributed by atoms with Crippen molar-refractivity contribution in [2.45, 2.75) is 0 Å². The molecule has 0 aliphatic heterocycles. The van der Waals surface area contributed by atoms with Crippen LogP contribution >= 0.6 is 11.3 Å². The predicted octanol–water partition coefficient (Wildman–Crippen LogP) is 15.9. The second-order valence-electron chi connectivity index (χ2n) is 14.8. The number of thiophene rings is 1. The Labute approximate surface area is 338 Å². The molecule has 0 aliphatic carbocycles. The van der Waals surface area contributed by atoms with Crippen molar-refractivity contribution >= 4 is 92.3 Å². The molecule has 12 rings (SSSR count).